The first-order valence-corrected chi connectivity index (χ1v) is 9.34. The lowest BCUT2D eigenvalue weighted by atomic mass is 9.84. The number of hydrogen-bond acceptors (Lipinski definition) is 4. The monoisotopic (exact) mass is 346 g/mol. The van der Waals surface area contributed by atoms with Gasteiger partial charge in [0.05, 0.1) is 29.9 Å². The summed E-state index contributed by atoms with van der Waals surface area (Å²) in [6.45, 7) is 7.90. The quantitative estimate of drug-likeness (QED) is 0.908. The highest BCUT2D eigenvalue weighted by molar-refractivity contribution is 5.77. The van der Waals surface area contributed by atoms with Crippen molar-refractivity contribution < 1.29 is 14.3 Å². The zero-order valence-electron chi connectivity index (χ0n) is 15.6. The maximum absolute atomic E-state index is 12.7. The van der Waals surface area contributed by atoms with Gasteiger partial charge in [-0.25, -0.2) is 0 Å². The lowest BCUT2D eigenvalue weighted by molar-refractivity contribution is -0.131. The lowest BCUT2D eigenvalue weighted by Gasteiger charge is -2.33. The minimum atomic E-state index is -0.111. The second-order valence-electron chi connectivity index (χ2n) is 8.40. The number of carbonyl (C=O) groups is 1. The lowest BCUT2D eigenvalue weighted by Crippen LogP contribution is -2.39. The minimum Gasteiger partial charge on any atom is -0.381 e. The predicted molar refractivity (Wildman–Crippen MR) is 96.1 cm³/mol. The Morgan fingerprint density at radius 2 is 2.08 bits per heavy atom. The Morgan fingerprint density at radius 1 is 1.32 bits per heavy atom. The first-order valence-electron chi connectivity index (χ1n) is 9.34. The largest absolute Gasteiger partial charge is 0.381 e. The molecule has 0 unspecified atom stereocenters. The van der Waals surface area contributed by atoms with Crippen molar-refractivity contribution in [3.05, 3.63) is 30.1 Å². The number of carbonyl (C=O) groups excluding carboxylic acids is 1. The van der Waals surface area contributed by atoms with E-state index in [2.05, 4.69) is 31.1 Å². The highest BCUT2D eigenvalue weighted by Gasteiger charge is 2.42. The summed E-state index contributed by atoms with van der Waals surface area (Å²) < 4.78 is 11.7. The number of ether oxygens (including phenoxy) is 2. The van der Waals surface area contributed by atoms with Gasteiger partial charge in [-0.1, -0.05) is 26.8 Å². The van der Waals surface area contributed by atoms with Gasteiger partial charge in [-0.3, -0.25) is 9.78 Å². The van der Waals surface area contributed by atoms with E-state index in [1.165, 1.54) is 0 Å². The van der Waals surface area contributed by atoms with E-state index < -0.39 is 0 Å². The Bertz CT molecular complexity index is 576. The highest BCUT2D eigenvalue weighted by atomic mass is 16.5. The average Bonchev–Trinajstić information content (AvgIpc) is 2.95. The summed E-state index contributed by atoms with van der Waals surface area (Å²) in [5, 5.41) is 3.19. The second kappa shape index (κ2) is 7.42. The first kappa shape index (κ1) is 18.3. The Kier molecular flexibility index (Phi) is 5.44. The number of aromatic nitrogens is 1. The van der Waals surface area contributed by atoms with Crippen molar-refractivity contribution in [3.8, 4) is 0 Å². The zero-order valence-corrected chi connectivity index (χ0v) is 15.6. The molecule has 0 radical (unpaired) electrons. The third kappa shape index (κ3) is 4.59. The fraction of sp³-hybridized carbons (Fsp3) is 0.700. The van der Waals surface area contributed by atoms with Crippen molar-refractivity contribution >= 4 is 5.91 Å². The third-order valence-corrected chi connectivity index (χ3v) is 5.31. The van der Waals surface area contributed by atoms with Crippen molar-refractivity contribution in [2.45, 2.75) is 70.6 Å². The topological polar surface area (TPSA) is 60.5 Å². The van der Waals surface area contributed by atoms with Gasteiger partial charge in [0.1, 0.15) is 0 Å². The molecule has 5 heteroatoms. The second-order valence-corrected chi connectivity index (χ2v) is 8.40. The Labute approximate surface area is 150 Å². The summed E-state index contributed by atoms with van der Waals surface area (Å²) in [4.78, 5) is 17.1. The maximum atomic E-state index is 12.7. The number of rotatable bonds is 4. The molecule has 25 heavy (non-hydrogen) atoms. The van der Waals surface area contributed by atoms with E-state index in [1.54, 1.807) is 6.20 Å². The molecule has 1 N–H and O–H groups in total. The van der Waals surface area contributed by atoms with Crippen molar-refractivity contribution in [2.24, 2.45) is 5.41 Å². The van der Waals surface area contributed by atoms with Gasteiger partial charge in [0.25, 0.3) is 0 Å². The number of hydrogen-bond donors (Lipinski definition) is 1. The molecule has 5 nitrogen and oxygen atoms in total. The van der Waals surface area contributed by atoms with Crippen LogP contribution in [0.25, 0.3) is 0 Å². The van der Waals surface area contributed by atoms with Crippen molar-refractivity contribution in [2.75, 3.05) is 13.2 Å². The van der Waals surface area contributed by atoms with Crippen LogP contribution in [0.2, 0.25) is 0 Å². The highest BCUT2D eigenvalue weighted by Crippen LogP contribution is 2.39. The molecule has 1 aromatic heterocycles. The van der Waals surface area contributed by atoms with Crippen LogP contribution in [0.5, 0.6) is 0 Å². The summed E-state index contributed by atoms with van der Waals surface area (Å²) in [5.74, 6) is 0.0414. The van der Waals surface area contributed by atoms with Gasteiger partial charge in [-0.2, -0.15) is 0 Å². The van der Waals surface area contributed by atoms with Crippen LogP contribution in [-0.2, 0) is 14.3 Å². The fourth-order valence-corrected chi connectivity index (χ4v) is 3.86. The molecule has 0 saturated carbocycles. The predicted octanol–water partition coefficient (Wildman–Crippen LogP) is 3.40. The SMILES string of the molecule is CC(C)(C)[C@H](NC(=O)C[C@@H]1CCC2(CCOCC2)O1)c1ccccn1. The van der Waals surface area contributed by atoms with Crippen molar-refractivity contribution in [1.82, 2.24) is 10.3 Å². The fourth-order valence-electron chi connectivity index (χ4n) is 3.86. The molecular formula is C20H30N2O3. The first-order chi connectivity index (χ1) is 11.9. The Balaban J connectivity index is 1.59. The number of pyridine rings is 1. The van der Waals surface area contributed by atoms with Crippen LogP contribution in [-0.4, -0.2) is 35.8 Å². The third-order valence-electron chi connectivity index (χ3n) is 5.31. The van der Waals surface area contributed by atoms with Gasteiger partial charge in [0.2, 0.25) is 5.91 Å². The van der Waals surface area contributed by atoms with E-state index in [1.807, 2.05) is 18.2 Å². The van der Waals surface area contributed by atoms with Crippen LogP contribution < -0.4 is 5.32 Å². The zero-order chi connectivity index (χ0) is 17.9. The van der Waals surface area contributed by atoms with E-state index in [4.69, 9.17) is 9.47 Å². The van der Waals surface area contributed by atoms with Gasteiger partial charge in [0, 0.05) is 19.4 Å². The van der Waals surface area contributed by atoms with E-state index in [0.717, 1.165) is 44.6 Å². The van der Waals surface area contributed by atoms with Gasteiger partial charge in [-0.05, 0) is 43.2 Å². The molecule has 0 aromatic carbocycles. The smallest absolute Gasteiger partial charge is 0.223 e. The molecule has 2 aliphatic rings. The van der Waals surface area contributed by atoms with Crippen LogP contribution in [0.3, 0.4) is 0 Å². The summed E-state index contributed by atoms with van der Waals surface area (Å²) in [5.41, 5.74) is 0.743. The van der Waals surface area contributed by atoms with Gasteiger partial charge >= 0.3 is 0 Å². The van der Waals surface area contributed by atoms with Crippen molar-refractivity contribution in [1.29, 1.82) is 0 Å². The summed E-state index contributed by atoms with van der Waals surface area (Å²) in [7, 11) is 0. The molecule has 2 aliphatic heterocycles. The van der Waals surface area contributed by atoms with E-state index >= 15 is 0 Å². The summed E-state index contributed by atoms with van der Waals surface area (Å²) in [6, 6.07) is 5.71. The average molecular weight is 346 g/mol. The van der Waals surface area contributed by atoms with Crippen LogP contribution in [0.15, 0.2) is 24.4 Å². The molecule has 1 amide bonds. The molecule has 1 spiro atoms. The minimum absolute atomic E-state index is 0.0162. The van der Waals surface area contributed by atoms with Gasteiger partial charge in [-0.15, -0.1) is 0 Å². The molecular weight excluding hydrogens is 316 g/mol. The van der Waals surface area contributed by atoms with Crippen LogP contribution in [0, 0.1) is 5.41 Å². The molecule has 0 aliphatic carbocycles. The molecule has 138 valence electrons. The van der Waals surface area contributed by atoms with Gasteiger partial charge < -0.3 is 14.8 Å². The maximum Gasteiger partial charge on any atom is 0.223 e. The number of amides is 1. The number of nitrogens with one attached hydrogen (secondary N) is 1. The summed E-state index contributed by atoms with van der Waals surface area (Å²) in [6.07, 6.45) is 6.10. The molecule has 3 heterocycles. The van der Waals surface area contributed by atoms with Crippen LogP contribution in [0.4, 0.5) is 0 Å². The molecule has 2 atom stereocenters. The molecule has 1 aromatic rings. The van der Waals surface area contributed by atoms with Crippen LogP contribution >= 0.6 is 0 Å². The van der Waals surface area contributed by atoms with Crippen LogP contribution in [0.1, 0.15) is 64.6 Å². The molecule has 3 rings (SSSR count). The Morgan fingerprint density at radius 3 is 2.72 bits per heavy atom. The molecule has 2 fully saturated rings. The van der Waals surface area contributed by atoms with E-state index in [9.17, 15) is 4.79 Å². The van der Waals surface area contributed by atoms with E-state index in [0.29, 0.717) is 6.42 Å². The van der Waals surface area contributed by atoms with Crippen molar-refractivity contribution in [3.63, 3.8) is 0 Å². The van der Waals surface area contributed by atoms with E-state index in [-0.39, 0.29) is 29.1 Å². The Hall–Kier alpha value is -1.46. The molecule has 0 bridgehead atoms. The van der Waals surface area contributed by atoms with Gasteiger partial charge in [0.15, 0.2) is 0 Å². The number of nitrogens with zero attached hydrogens (tertiary/aromatic N) is 1. The normalized spacial score (nSPS) is 24.2. The standard InChI is InChI=1S/C20H30N2O3/c1-19(2,3)18(16-6-4-5-11-21-16)22-17(23)14-15-7-8-20(25-15)9-12-24-13-10-20/h4-6,11,15,18H,7-10,12-14H2,1-3H3,(H,22,23)/t15-,18+/m0/s1. The molecule has 2 saturated heterocycles. The summed E-state index contributed by atoms with van der Waals surface area (Å²) >= 11 is 0.